The van der Waals surface area contributed by atoms with Crippen LogP contribution in [0.3, 0.4) is 0 Å². The minimum Gasteiger partial charge on any atom is -0.368 e. The highest BCUT2D eigenvalue weighted by atomic mass is 32.2. The number of primary sulfonamides is 1. The van der Waals surface area contributed by atoms with Crippen LogP contribution in [-0.4, -0.2) is 33.1 Å². The summed E-state index contributed by atoms with van der Waals surface area (Å²) in [6.45, 7) is 4.02. The van der Waals surface area contributed by atoms with E-state index in [0.717, 1.165) is 6.92 Å². The van der Waals surface area contributed by atoms with E-state index >= 15 is 0 Å². The maximum absolute atomic E-state index is 12.3. The van der Waals surface area contributed by atoms with E-state index in [4.69, 9.17) is 9.88 Å². The van der Waals surface area contributed by atoms with Crippen molar-refractivity contribution in [3.63, 3.8) is 0 Å². The molecule has 18 heavy (non-hydrogen) atoms. The molecular weight excluding hydrogens is 271 g/mol. The van der Waals surface area contributed by atoms with Crippen LogP contribution < -0.4 is 5.14 Å². The van der Waals surface area contributed by atoms with Crippen LogP contribution >= 0.6 is 0 Å². The molecule has 4 nitrogen and oxygen atoms in total. The SMILES string of the molecule is CCC(CC)(COC(C)C(F)(F)F)CS(N)(=O)=O. The van der Waals surface area contributed by atoms with Crippen LogP contribution in [0.4, 0.5) is 13.2 Å². The van der Waals surface area contributed by atoms with Gasteiger partial charge in [-0.2, -0.15) is 13.2 Å². The molecule has 0 aromatic carbocycles. The molecule has 0 spiro atoms. The molecule has 0 aliphatic rings. The molecule has 0 bridgehead atoms. The second-order valence-electron chi connectivity index (χ2n) is 4.51. The quantitative estimate of drug-likeness (QED) is 0.780. The van der Waals surface area contributed by atoms with Crippen molar-refractivity contribution in [2.24, 2.45) is 10.6 Å². The Labute approximate surface area is 106 Å². The number of hydrogen-bond donors (Lipinski definition) is 1. The summed E-state index contributed by atoms with van der Waals surface area (Å²) in [5.74, 6) is -0.377. The van der Waals surface area contributed by atoms with E-state index in [1.54, 1.807) is 13.8 Å². The van der Waals surface area contributed by atoms with Gasteiger partial charge in [0, 0.05) is 5.41 Å². The van der Waals surface area contributed by atoms with Crippen LogP contribution in [0, 0.1) is 5.41 Å². The molecule has 110 valence electrons. The van der Waals surface area contributed by atoms with Gasteiger partial charge >= 0.3 is 6.18 Å². The fourth-order valence-corrected chi connectivity index (χ4v) is 2.87. The van der Waals surface area contributed by atoms with E-state index in [9.17, 15) is 21.6 Å². The standard InChI is InChI=1S/C10H20F3NO3S/c1-4-9(5-2,7-18(14,15)16)6-17-8(3)10(11,12)13/h8H,4-7H2,1-3H3,(H2,14,15,16). The van der Waals surface area contributed by atoms with Gasteiger partial charge in [0.15, 0.2) is 6.10 Å². The van der Waals surface area contributed by atoms with E-state index in [-0.39, 0.29) is 12.4 Å². The van der Waals surface area contributed by atoms with Crippen LogP contribution in [0.5, 0.6) is 0 Å². The van der Waals surface area contributed by atoms with Gasteiger partial charge in [0.05, 0.1) is 12.4 Å². The number of hydrogen-bond acceptors (Lipinski definition) is 3. The fraction of sp³-hybridized carbons (Fsp3) is 1.00. The Balaban J connectivity index is 4.74. The molecule has 0 heterocycles. The van der Waals surface area contributed by atoms with Crippen molar-refractivity contribution in [3.05, 3.63) is 0 Å². The molecule has 1 unspecified atom stereocenters. The van der Waals surface area contributed by atoms with Crippen molar-refractivity contribution in [1.29, 1.82) is 0 Å². The van der Waals surface area contributed by atoms with E-state index in [0.29, 0.717) is 12.8 Å². The fourth-order valence-electron chi connectivity index (χ4n) is 1.52. The Morgan fingerprint density at radius 1 is 1.22 bits per heavy atom. The van der Waals surface area contributed by atoms with Crippen molar-refractivity contribution < 1.29 is 26.3 Å². The summed E-state index contributed by atoms with van der Waals surface area (Å²) < 4.78 is 63.9. The van der Waals surface area contributed by atoms with Gasteiger partial charge in [-0.3, -0.25) is 0 Å². The Morgan fingerprint density at radius 3 is 1.94 bits per heavy atom. The summed E-state index contributed by atoms with van der Waals surface area (Å²) in [4.78, 5) is 0. The summed E-state index contributed by atoms with van der Waals surface area (Å²) in [5.41, 5.74) is -0.868. The van der Waals surface area contributed by atoms with Crippen molar-refractivity contribution in [2.75, 3.05) is 12.4 Å². The number of halogens is 3. The average Bonchev–Trinajstić information content (AvgIpc) is 2.20. The van der Waals surface area contributed by atoms with Crippen molar-refractivity contribution in [1.82, 2.24) is 0 Å². The van der Waals surface area contributed by atoms with E-state index in [2.05, 4.69) is 0 Å². The first-order valence-corrected chi connectivity index (χ1v) is 7.36. The molecular formula is C10H20F3NO3S. The first-order chi connectivity index (χ1) is 7.96. The molecule has 2 N–H and O–H groups in total. The van der Waals surface area contributed by atoms with Crippen molar-refractivity contribution in [2.45, 2.75) is 45.9 Å². The minimum absolute atomic E-state index is 0.281. The van der Waals surface area contributed by atoms with Gasteiger partial charge in [-0.1, -0.05) is 13.8 Å². The highest BCUT2D eigenvalue weighted by Crippen LogP contribution is 2.31. The van der Waals surface area contributed by atoms with Crippen LogP contribution in [0.15, 0.2) is 0 Å². The Kier molecular flexibility index (Phi) is 6.09. The smallest absolute Gasteiger partial charge is 0.368 e. The van der Waals surface area contributed by atoms with Gasteiger partial charge in [0.1, 0.15) is 0 Å². The second-order valence-corrected chi connectivity index (χ2v) is 6.12. The third-order valence-electron chi connectivity index (χ3n) is 3.11. The summed E-state index contributed by atoms with van der Waals surface area (Å²) in [5, 5.41) is 4.96. The lowest BCUT2D eigenvalue weighted by molar-refractivity contribution is -0.220. The Morgan fingerprint density at radius 2 is 1.67 bits per heavy atom. The van der Waals surface area contributed by atoms with Crippen LogP contribution in [-0.2, 0) is 14.8 Å². The lowest BCUT2D eigenvalue weighted by Gasteiger charge is -2.32. The lowest BCUT2D eigenvalue weighted by Crippen LogP contribution is -2.40. The molecule has 0 radical (unpaired) electrons. The number of sulfonamides is 1. The molecule has 1 atom stereocenters. The zero-order chi connectivity index (χ0) is 14.6. The van der Waals surface area contributed by atoms with Gasteiger partial charge in [0.2, 0.25) is 10.0 Å². The number of nitrogens with two attached hydrogens (primary N) is 1. The predicted molar refractivity (Wildman–Crippen MR) is 62.5 cm³/mol. The van der Waals surface area contributed by atoms with Gasteiger partial charge in [0.25, 0.3) is 0 Å². The summed E-state index contributed by atoms with van der Waals surface area (Å²) in [7, 11) is -3.75. The van der Waals surface area contributed by atoms with E-state index in [1.165, 1.54) is 0 Å². The van der Waals surface area contributed by atoms with Crippen molar-refractivity contribution >= 4 is 10.0 Å². The van der Waals surface area contributed by atoms with Crippen LogP contribution in [0.25, 0.3) is 0 Å². The number of alkyl halides is 3. The molecule has 8 heteroatoms. The van der Waals surface area contributed by atoms with Crippen LogP contribution in [0.2, 0.25) is 0 Å². The molecule has 0 aliphatic heterocycles. The topological polar surface area (TPSA) is 69.4 Å². The van der Waals surface area contributed by atoms with Gasteiger partial charge in [-0.25, -0.2) is 13.6 Å². The Hall–Kier alpha value is -0.340. The summed E-state index contributed by atoms with van der Waals surface area (Å²) in [6.07, 6.45) is -5.61. The molecule has 0 saturated carbocycles. The summed E-state index contributed by atoms with van der Waals surface area (Å²) >= 11 is 0. The first kappa shape index (κ1) is 17.7. The molecule has 0 aliphatic carbocycles. The van der Waals surface area contributed by atoms with Crippen LogP contribution in [0.1, 0.15) is 33.6 Å². The van der Waals surface area contributed by atoms with E-state index in [1.807, 2.05) is 0 Å². The third-order valence-corrected chi connectivity index (χ3v) is 4.12. The summed E-state index contributed by atoms with van der Waals surface area (Å²) in [6, 6.07) is 0. The highest BCUT2D eigenvalue weighted by molar-refractivity contribution is 7.89. The largest absolute Gasteiger partial charge is 0.414 e. The third kappa shape index (κ3) is 6.01. The minimum atomic E-state index is -4.45. The molecule has 0 aromatic rings. The molecule has 0 fully saturated rings. The average molecular weight is 291 g/mol. The zero-order valence-corrected chi connectivity index (χ0v) is 11.6. The van der Waals surface area contributed by atoms with Crippen molar-refractivity contribution in [3.8, 4) is 0 Å². The predicted octanol–water partition coefficient (Wildman–Crippen LogP) is 2.05. The molecule has 0 amide bonds. The van der Waals surface area contributed by atoms with Gasteiger partial charge in [-0.15, -0.1) is 0 Å². The maximum Gasteiger partial charge on any atom is 0.414 e. The zero-order valence-electron chi connectivity index (χ0n) is 10.8. The normalized spacial score (nSPS) is 15.7. The Bertz CT molecular complexity index is 350. The molecule has 0 saturated heterocycles. The number of rotatable bonds is 7. The molecule has 0 rings (SSSR count). The number of ether oxygens (including phenoxy) is 1. The lowest BCUT2D eigenvalue weighted by atomic mass is 9.85. The second kappa shape index (κ2) is 6.21. The monoisotopic (exact) mass is 291 g/mol. The van der Waals surface area contributed by atoms with Gasteiger partial charge in [-0.05, 0) is 19.8 Å². The van der Waals surface area contributed by atoms with Gasteiger partial charge < -0.3 is 4.74 Å². The molecule has 0 aromatic heterocycles. The maximum atomic E-state index is 12.3. The van der Waals surface area contributed by atoms with E-state index < -0.39 is 27.7 Å². The first-order valence-electron chi connectivity index (χ1n) is 5.64. The highest BCUT2D eigenvalue weighted by Gasteiger charge is 2.39.